The van der Waals surface area contributed by atoms with Crippen LogP contribution in [0.5, 0.6) is 5.75 Å². The maximum Gasteiger partial charge on any atom is 0.248 e. The molecule has 3 rings (SSSR count). The van der Waals surface area contributed by atoms with Crippen LogP contribution in [0.2, 0.25) is 0 Å². The van der Waals surface area contributed by atoms with Gasteiger partial charge in [-0.3, -0.25) is 4.79 Å². The number of carbonyl (C=O) groups excluding carboxylic acids is 1. The molecule has 0 aliphatic rings. The highest BCUT2D eigenvalue weighted by Crippen LogP contribution is 2.38. The summed E-state index contributed by atoms with van der Waals surface area (Å²) in [7, 11) is 1.56. The minimum absolute atomic E-state index is 0.0876. The van der Waals surface area contributed by atoms with E-state index in [0.717, 1.165) is 45.6 Å². The van der Waals surface area contributed by atoms with Crippen LogP contribution >= 0.6 is 0 Å². The van der Waals surface area contributed by atoms with Crippen LogP contribution in [0.4, 0.5) is 14.5 Å². The zero-order valence-electron chi connectivity index (χ0n) is 16.4. The maximum atomic E-state index is 13.8. The fraction of sp³-hybridized carbons (Fsp3) is 0.227. The largest absolute Gasteiger partial charge is 0.496 e. The van der Waals surface area contributed by atoms with Crippen LogP contribution in [0.3, 0.4) is 0 Å². The summed E-state index contributed by atoms with van der Waals surface area (Å²) in [5, 5.41) is 3.37. The van der Waals surface area contributed by atoms with Crippen molar-refractivity contribution in [2.75, 3.05) is 12.4 Å². The summed E-state index contributed by atoms with van der Waals surface area (Å²) < 4.78 is 38.2. The van der Waals surface area contributed by atoms with Crippen molar-refractivity contribution in [2.24, 2.45) is 0 Å². The molecule has 0 aliphatic carbocycles. The van der Waals surface area contributed by atoms with Crippen LogP contribution < -0.4 is 10.1 Å². The third kappa shape index (κ3) is 3.50. The Morgan fingerprint density at radius 3 is 2.50 bits per heavy atom. The van der Waals surface area contributed by atoms with Crippen LogP contribution in [0, 0.1) is 32.4 Å². The number of amides is 1. The predicted octanol–water partition coefficient (Wildman–Crippen LogP) is 5.69. The smallest absolute Gasteiger partial charge is 0.248 e. The van der Waals surface area contributed by atoms with E-state index in [2.05, 4.69) is 5.32 Å². The van der Waals surface area contributed by atoms with Gasteiger partial charge in [0.1, 0.15) is 28.7 Å². The second-order valence-corrected chi connectivity index (χ2v) is 6.68. The average molecular weight is 385 g/mol. The third-order valence-electron chi connectivity index (χ3n) is 4.81. The van der Waals surface area contributed by atoms with Gasteiger partial charge in [-0.05, 0) is 57.0 Å². The quantitative estimate of drug-likeness (QED) is 0.587. The highest BCUT2D eigenvalue weighted by atomic mass is 19.1. The Labute approximate surface area is 161 Å². The Morgan fingerprint density at radius 1 is 1.14 bits per heavy atom. The van der Waals surface area contributed by atoms with Gasteiger partial charge in [0.25, 0.3) is 0 Å². The molecule has 0 atom stereocenters. The molecule has 0 bridgehead atoms. The number of rotatable bonds is 4. The first-order valence-corrected chi connectivity index (χ1v) is 8.75. The first kappa shape index (κ1) is 19.6. The molecule has 146 valence electrons. The van der Waals surface area contributed by atoms with Crippen LogP contribution in [0.25, 0.3) is 16.5 Å². The summed E-state index contributed by atoms with van der Waals surface area (Å²) in [4.78, 5) is 12.3. The lowest BCUT2D eigenvalue weighted by atomic mass is 9.98. The van der Waals surface area contributed by atoms with E-state index in [-0.39, 0.29) is 5.69 Å². The Balaban J connectivity index is 2.00. The lowest BCUT2D eigenvalue weighted by Gasteiger charge is -2.13. The number of hydrogen-bond acceptors (Lipinski definition) is 3. The van der Waals surface area contributed by atoms with Crippen molar-refractivity contribution in [3.05, 3.63) is 64.4 Å². The number of allylic oxidation sites excluding steroid dienone is 1. The summed E-state index contributed by atoms with van der Waals surface area (Å²) in [6, 6.07) is 4.90. The molecule has 1 N–H and O–H groups in total. The highest BCUT2D eigenvalue weighted by Gasteiger charge is 2.18. The van der Waals surface area contributed by atoms with Gasteiger partial charge < -0.3 is 14.5 Å². The second-order valence-electron chi connectivity index (χ2n) is 6.68. The molecule has 6 heteroatoms. The topological polar surface area (TPSA) is 51.5 Å². The van der Waals surface area contributed by atoms with Crippen molar-refractivity contribution >= 4 is 28.1 Å². The number of halogens is 2. The Bertz CT molecular complexity index is 1110. The molecule has 1 aromatic heterocycles. The molecule has 0 fully saturated rings. The molecule has 28 heavy (non-hydrogen) atoms. The monoisotopic (exact) mass is 385 g/mol. The fourth-order valence-electron chi connectivity index (χ4n) is 3.20. The first-order chi connectivity index (χ1) is 13.2. The van der Waals surface area contributed by atoms with Crippen molar-refractivity contribution in [3.8, 4) is 5.75 Å². The van der Waals surface area contributed by atoms with Gasteiger partial charge >= 0.3 is 0 Å². The predicted molar refractivity (Wildman–Crippen MR) is 106 cm³/mol. The number of hydrogen-bond donors (Lipinski definition) is 1. The molecular formula is C22H21F2NO3. The van der Waals surface area contributed by atoms with Crippen molar-refractivity contribution in [1.29, 1.82) is 0 Å². The van der Waals surface area contributed by atoms with E-state index in [4.69, 9.17) is 9.15 Å². The van der Waals surface area contributed by atoms with Gasteiger partial charge in [-0.2, -0.15) is 0 Å². The van der Waals surface area contributed by atoms with E-state index < -0.39 is 17.5 Å². The number of ether oxygens (including phenoxy) is 1. The number of furan rings is 1. The average Bonchev–Trinajstić information content (AvgIpc) is 2.92. The summed E-state index contributed by atoms with van der Waals surface area (Å²) in [5.41, 5.74) is 3.90. The lowest BCUT2D eigenvalue weighted by Crippen LogP contribution is -2.10. The number of aryl methyl sites for hydroxylation is 3. The van der Waals surface area contributed by atoms with Crippen LogP contribution in [0.15, 0.2) is 34.8 Å². The Hall–Kier alpha value is -3.15. The Kier molecular flexibility index (Phi) is 5.23. The SMILES string of the molecule is COc1c(/C(C)=C/C(=O)Nc2ccc(F)cc2F)cc2c(C)c(C)oc2c1C. The fourth-order valence-corrected chi connectivity index (χ4v) is 3.20. The lowest BCUT2D eigenvalue weighted by molar-refractivity contribution is -0.111. The second kappa shape index (κ2) is 7.46. The highest BCUT2D eigenvalue weighted by molar-refractivity contribution is 6.05. The maximum absolute atomic E-state index is 13.8. The molecule has 0 saturated heterocycles. The third-order valence-corrected chi connectivity index (χ3v) is 4.81. The van der Waals surface area contributed by atoms with Gasteiger partial charge in [-0.1, -0.05) is 0 Å². The van der Waals surface area contributed by atoms with Crippen LogP contribution in [-0.2, 0) is 4.79 Å². The minimum Gasteiger partial charge on any atom is -0.496 e. The molecule has 0 radical (unpaired) electrons. The van der Waals surface area contributed by atoms with Crippen molar-refractivity contribution in [2.45, 2.75) is 27.7 Å². The van der Waals surface area contributed by atoms with Gasteiger partial charge in [0, 0.05) is 28.7 Å². The molecule has 1 amide bonds. The number of methoxy groups -OCH3 is 1. The number of fused-ring (bicyclic) bond motifs is 1. The van der Waals surface area contributed by atoms with Gasteiger partial charge in [-0.15, -0.1) is 0 Å². The molecule has 2 aromatic carbocycles. The van der Waals surface area contributed by atoms with E-state index in [1.54, 1.807) is 14.0 Å². The summed E-state index contributed by atoms with van der Waals surface area (Å²) in [5.74, 6) is -0.637. The normalized spacial score (nSPS) is 11.8. The number of nitrogens with one attached hydrogen (secondary N) is 1. The molecule has 0 unspecified atom stereocenters. The van der Waals surface area contributed by atoms with Crippen LogP contribution in [0.1, 0.15) is 29.4 Å². The summed E-state index contributed by atoms with van der Waals surface area (Å²) in [6.07, 6.45) is 1.36. The Morgan fingerprint density at radius 2 is 1.86 bits per heavy atom. The molecular weight excluding hydrogens is 364 g/mol. The molecule has 1 heterocycles. The van der Waals surface area contributed by atoms with E-state index in [1.807, 2.05) is 26.8 Å². The number of carbonyl (C=O) groups is 1. The van der Waals surface area contributed by atoms with E-state index in [1.165, 1.54) is 12.1 Å². The van der Waals surface area contributed by atoms with Gasteiger partial charge in [0.15, 0.2) is 0 Å². The molecule has 0 saturated carbocycles. The van der Waals surface area contributed by atoms with E-state index in [0.29, 0.717) is 11.3 Å². The zero-order valence-corrected chi connectivity index (χ0v) is 16.4. The summed E-state index contributed by atoms with van der Waals surface area (Å²) in [6.45, 7) is 7.54. The van der Waals surface area contributed by atoms with Crippen molar-refractivity contribution < 1.29 is 22.7 Å². The first-order valence-electron chi connectivity index (χ1n) is 8.75. The van der Waals surface area contributed by atoms with Crippen molar-refractivity contribution in [1.82, 2.24) is 0 Å². The number of anilines is 1. The minimum atomic E-state index is -0.834. The zero-order chi connectivity index (χ0) is 20.6. The molecule has 0 aliphatic heterocycles. The molecule has 4 nitrogen and oxygen atoms in total. The molecule has 3 aromatic rings. The summed E-state index contributed by atoms with van der Waals surface area (Å²) >= 11 is 0. The van der Waals surface area contributed by atoms with E-state index >= 15 is 0 Å². The van der Waals surface area contributed by atoms with Gasteiger partial charge in [-0.25, -0.2) is 8.78 Å². The van der Waals surface area contributed by atoms with E-state index in [9.17, 15) is 13.6 Å². The van der Waals surface area contributed by atoms with Gasteiger partial charge in [0.2, 0.25) is 5.91 Å². The molecule has 0 spiro atoms. The van der Waals surface area contributed by atoms with Crippen LogP contribution in [-0.4, -0.2) is 13.0 Å². The van der Waals surface area contributed by atoms with Gasteiger partial charge in [0.05, 0.1) is 12.8 Å². The standard InChI is InChI=1S/C22H21F2NO3/c1-11(8-20(26)25-19-7-6-15(23)9-18(19)24)16-10-17-12(2)14(4)28-22(17)13(3)21(16)27-5/h6-10H,1-5H3,(H,25,26)/b11-8+. The number of benzene rings is 2. The van der Waals surface area contributed by atoms with Crippen molar-refractivity contribution in [3.63, 3.8) is 0 Å².